The van der Waals surface area contributed by atoms with Gasteiger partial charge in [-0.15, -0.1) is 5.10 Å². The van der Waals surface area contributed by atoms with E-state index < -0.39 is 29.3 Å². The van der Waals surface area contributed by atoms with Crippen molar-refractivity contribution >= 4 is 11.7 Å². The van der Waals surface area contributed by atoms with Gasteiger partial charge in [-0.05, 0) is 55.2 Å². The summed E-state index contributed by atoms with van der Waals surface area (Å²) in [6.07, 6.45) is 0.109. The summed E-state index contributed by atoms with van der Waals surface area (Å²) in [6.45, 7) is 1.85. The van der Waals surface area contributed by atoms with E-state index in [1.54, 1.807) is 12.3 Å². The standard InChI is InChI=1S/C21H20F4N6O/c22-15-5-7-16(8-6-15)31-19(21(23,24)25)18(28-29-31)20(32)27-13-14-4-9-17(26-12-14)30-10-2-1-3-11-30/h4-9,12H,1-3,10-11,13H2,(H,27,32). The average molecular weight is 448 g/mol. The molecule has 1 N–H and O–H groups in total. The molecular formula is C21H20F4N6O. The van der Waals surface area contributed by atoms with Gasteiger partial charge in [0, 0.05) is 25.8 Å². The second-order valence-electron chi connectivity index (χ2n) is 7.43. The molecule has 1 fully saturated rings. The second-order valence-corrected chi connectivity index (χ2v) is 7.43. The summed E-state index contributed by atoms with van der Waals surface area (Å²) in [7, 11) is 0. The average Bonchev–Trinajstić information content (AvgIpc) is 3.25. The van der Waals surface area contributed by atoms with Crippen LogP contribution < -0.4 is 10.2 Å². The van der Waals surface area contributed by atoms with E-state index in [0.29, 0.717) is 10.2 Å². The topological polar surface area (TPSA) is 75.9 Å². The normalized spacial score (nSPS) is 14.4. The highest BCUT2D eigenvalue weighted by Gasteiger charge is 2.42. The number of hydrogen-bond acceptors (Lipinski definition) is 5. The minimum absolute atomic E-state index is 0.0210. The zero-order chi connectivity index (χ0) is 22.7. The van der Waals surface area contributed by atoms with Gasteiger partial charge < -0.3 is 10.2 Å². The summed E-state index contributed by atoms with van der Waals surface area (Å²) >= 11 is 0. The van der Waals surface area contributed by atoms with E-state index in [9.17, 15) is 22.4 Å². The minimum Gasteiger partial charge on any atom is -0.357 e. The lowest BCUT2D eigenvalue weighted by Gasteiger charge is -2.27. The van der Waals surface area contributed by atoms with E-state index in [4.69, 9.17) is 0 Å². The minimum atomic E-state index is -4.90. The van der Waals surface area contributed by atoms with Gasteiger partial charge in [-0.25, -0.2) is 14.1 Å². The Morgan fingerprint density at radius 1 is 1.03 bits per heavy atom. The molecule has 3 aromatic rings. The number of halogens is 4. The highest BCUT2D eigenvalue weighted by molar-refractivity contribution is 5.93. The van der Waals surface area contributed by atoms with Crippen LogP contribution in [0.2, 0.25) is 0 Å². The fraction of sp³-hybridized carbons (Fsp3) is 0.333. The molecule has 0 atom stereocenters. The molecule has 7 nitrogen and oxygen atoms in total. The van der Waals surface area contributed by atoms with Gasteiger partial charge >= 0.3 is 6.18 Å². The molecule has 0 saturated carbocycles. The van der Waals surface area contributed by atoms with Crippen LogP contribution >= 0.6 is 0 Å². The molecule has 0 unspecified atom stereocenters. The molecule has 1 aliphatic rings. The molecule has 4 rings (SSSR count). The number of benzene rings is 1. The number of pyridine rings is 1. The van der Waals surface area contributed by atoms with Crippen molar-refractivity contribution < 1.29 is 22.4 Å². The van der Waals surface area contributed by atoms with Gasteiger partial charge in [0.15, 0.2) is 11.4 Å². The molecular weight excluding hydrogens is 428 g/mol. The highest BCUT2D eigenvalue weighted by Crippen LogP contribution is 2.32. The van der Waals surface area contributed by atoms with E-state index in [0.717, 1.165) is 56.0 Å². The van der Waals surface area contributed by atoms with Crippen LogP contribution in [-0.4, -0.2) is 39.0 Å². The quantitative estimate of drug-likeness (QED) is 0.602. The van der Waals surface area contributed by atoms with Gasteiger partial charge in [0.1, 0.15) is 11.6 Å². The number of anilines is 1. The molecule has 0 bridgehead atoms. The Bertz CT molecular complexity index is 1070. The maximum atomic E-state index is 13.7. The van der Waals surface area contributed by atoms with Gasteiger partial charge in [0.2, 0.25) is 0 Å². The molecule has 1 amide bonds. The van der Waals surface area contributed by atoms with E-state index in [1.165, 1.54) is 6.42 Å². The van der Waals surface area contributed by atoms with Crippen molar-refractivity contribution in [2.75, 3.05) is 18.0 Å². The van der Waals surface area contributed by atoms with Gasteiger partial charge in [-0.3, -0.25) is 4.79 Å². The molecule has 1 aliphatic heterocycles. The summed E-state index contributed by atoms with van der Waals surface area (Å²) in [6, 6.07) is 7.85. The SMILES string of the molecule is O=C(NCc1ccc(N2CCCCC2)nc1)c1nnn(-c2ccc(F)cc2)c1C(F)(F)F. The summed E-state index contributed by atoms with van der Waals surface area (Å²) in [4.78, 5) is 19.1. The van der Waals surface area contributed by atoms with E-state index in [1.807, 2.05) is 6.07 Å². The molecule has 32 heavy (non-hydrogen) atoms. The Morgan fingerprint density at radius 2 is 1.75 bits per heavy atom. The lowest BCUT2D eigenvalue weighted by Crippen LogP contribution is -2.30. The number of nitrogens with zero attached hydrogens (tertiary/aromatic N) is 5. The van der Waals surface area contributed by atoms with Crippen LogP contribution in [0.5, 0.6) is 0 Å². The maximum Gasteiger partial charge on any atom is 0.435 e. The van der Waals surface area contributed by atoms with E-state index in [-0.39, 0.29) is 12.2 Å². The molecule has 3 heterocycles. The first kappa shape index (κ1) is 21.7. The number of nitrogens with one attached hydrogen (secondary N) is 1. The molecule has 168 valence electrons. The molecule has 0 radical (unpaired) electrons. The van der Waals surface area contributed by atoms with Crippen LogP contribution in [0.3, 0.4) is 0 Å². The second kappa shape index (κ2) is 8.93. The third-order valence-electron chi connectivity index (χ3n) is 5.17. The first-order chi connectivity index (χ1) is 15.3. The molecule has 1 saturated heterocycles. The number of hydrogen-bond donors (Lipinski definition) is 1. The summed E-state index contributed by atoms with van der Waals surface area (Å²) in [5.41, 5.74) is -1.62. The van der Waals surface area contributed by atoms with Gasteiger partial charge in [-0.2, -0.15) is 13.2 Å². The first-order valence-electron chi connectivity index (χ1n) is 10.1. The molecule has 11 heteroatoms. The van der Waals surface area contributed by atoms with Gasteiger partial charge in [0.05, 0.1) is 5.69 Å². The fourth-order valence-corrected chi connectivity index (χ4v) is 3.55. The smallest absolute Gasteiger partial charge is 0.357 e. The van der Waals surface area contributed by atoms with E-state index in [2.05, 4.69) is 25.5 Å². The largest absolute Gasteiger partial charge is 0.435 e. The number of carbonyl (C=O) groups is 1. The molecule has 0 aliphatic carbocycles. The Morgan fingerprint density at radius 3 is 2.38 bits per heavy atom. The van der Waals surface area contributed by atoms with Crippen LogP contribution in [0.15, 0.2) is 42.6 Å². The molecule has 2 aromatic heterocycles. The molecule has 1 aromatic carbocycles. The van der Waals surface area contributed by atoms with Crippen LogP contribution in [0, 0.1) is 5.82 Å². The predicted octanol–water partition coefficient (Wildman–Crippen LogP) is 3.74. The summed E-state index contributed by atoms with van der Waals surface area (Å²) < 4.78 is 54.6. The predicted molar refractivity (Wildman–Crippen MR) is 108 cm³/mol. The Kier molecular flexibility index (Phi) is 6.06. The Balaban J connectivity index is 1.49. The summed E-state index contributed by atoms with van der Waals surface area (Å²) in [5, 5.41) is 9.33. The number of amides is 1. The first-order valence-corrected chi connectivity index (χ1v) is 10.1. The van der Waals surface area contributed by atoms with E-state index >= 15 is 0 Å². The van der Waals surface area contributed by atoms with Crippen molar-refractivity contribution in [3.05, 3.63) is 65.4 Å². The van der Waals surface area contributed by atoms with Crippen LogP contribution in [0.25, 0.3) is 5.69 Å². The number of alkyl halides is 3. The van der Waals surface area contributed by atoms with Gasteiger partial charge in [-0.1, -0.05) is 11.3 Å². The maximum absolute atomic E-state index is 13.7. The van der Waals surface area contributed by atoms with Crippen molar-refractivity contribution in [1.29, 1.82) is 0 Å². The highest BCUT2D eigenvalue weighted by atomic mass is 19.4. The van der Waals surface area contributed by atoms with Gasteiger partial charge in [0.25, 0.3) is 5.91 Å². The lowest BCUT2D eigenvalue weighted by atomic mass is 10.1. The van der Waals surface area contributed by atoms with Crippen molar-refractivity contribution in [2.45, 2.75) is 32.0 Å². The number of rotatable bonds is 5. The third kappa shape index (κ3) is 4.71. The Labute approximate surface area is 181 Å². The number of aromatic nitrogens is 4. The number of carbonyl (C=O) groups excluding carboxylic acids is 1. The number of piperidine rings is 1. The zero-order valence-corrected chi connectivity index (χ0v) is 16.9. The van der Waals surface area contributed by atoms with Crippen molar-refractivity contribution in [3.8, 4) is 5.69 Å². The summed E-state index contributed by atoms with van der Waals surface area (Å²) in [5.74, 6) is -0.799. The zero-order valence-electron chi connectivity index (χ0n) is 16.9. The van der Waals surface area contributed by atoms with Crippen molar-refractivity contribution in [2.24, 2.45) is 0 Å². The van der Waals surface area contributed by atoms with Crippen LogP contribution in [0.4, 0.5) is 23.4 Å². The monoisotopic (exact) mass is 448 g/mol. The third-order valence-corrected chi connectivity index (χ3v) is 5.17. The van der Waals surface area contributed by atoms with Crippen molar-refractivity contribution in [3.63, 3.8) is 0 Å². The lowest BCUT2D eigenvalue weighted by molar-refractivity contribution is -0.143. The van der Waals surface area contributed by atoms with Crippen molar-refractivity contribution in [1.82, 2.24) is 25.3 Å². The fourth-order valence-electron chi connectivity index (χ4n) is 3.55. The Hall–Kier alpha value is -3.50. The van der Waals surface area contributed by atoms with Crippen LogP contribution in [-0.2, 0) is 12.7 Å². The van der Waals surface area contributed by atoms with Crippen LogP contribution in [0.1, 0.15) is 41.0 Å². The molecule has 0 spiro atoms.